The molecule has 1 saturated heterocycles. The van der Waals surface area contributed by atoms with Crippen LogP contribution in [0.1, 0.15) is 12.0 Å². The molecule has 2 N–H and O–H groups in total. The second-order valence-electron chi connectivity index (χ2n) is 6.51. The van der Waals surface area contributed by atoms with E-state index < -0.39 is 0 Å². The van der Waals surface area contributed by atoms with E-state index in [4.69, 9.17) is 4.74 Å². The van der Waals surface area contributed by atoms with Gasteiger partial charge in [-0.2, -0.15) is 0 Å². The van der Waals surface area contributed by atoms with Crippen LogP contribution in [0.25, 0.3) is 0 Å². The summed E-state index contributed by atoms with van der Waals surface area (Å²) in [5.41, 5.74) is 2.60. The van der Waals surface area contributed by atoms with Crippen LogP contribution in [0.5, 0.6) is 0 Å². The second-order valence-corrected chi connectivity index (χ2v) is 6.51. The van der Waals surface area contributed by atoms with E-state index in [-0.39, 0.29) is 30.7 Å². The molecule has 6 nitrogen and oxygen atoms in total. The van der Waals surface area contributed by atoms with Crippen molar-refractivity contribution in [3.8, 4) is 0 Å². The lowest BCUT2D eigenvalue weighted by molar-refractivity contribution is -0.121. The Bertz CT molecular complexity index is 526. The molecule has 0 saturated carbocycles. The number of halogens is 2. The van der Waals surface area contributed by atoms with Gasteiger partial charge in [-0.1, -0.05) is 12.1 Å². The number of amides is 1. The molecule has 2 rings (SSSR count). The van der Waals surface area contributed by atoms with Crippen LogP contribution in [0.15, 0.2) is 24.3 Å². The highest BCUT2D eigenvalue weighted by Gasteiger charge is 2.17. The Labute approximate surface area is 175 Å². The molecule has 1 aliphatic heterocycles. The van der Waals surface area contributed by atoms with Crippen molar-refractivity contribution in [3.05, 3.63) is 29.8 Å². The molecule has 1 aliphatic rings. The number of methoxy groups -OCH3 is 1. The highest BCUT2D eigenvalue weighted by Crippen LogP contribution is 2.17. The van der Waals surface area contributed by atoms with Gasteiger partial charge in [-0.25, -0.2) is 0 Å². The van der Waals surface area contributed by atoms with Crippen LogP contribution in [-0.2, 0) is 9.53 Å². The molecule has 1 aromatic carbocycles. The molecule has 0 atom stereocenters. The van der Waals surface area contributed by atoms with E-state index in [1.807, 2.05) is 0 Å². The van der Waals surface area contributed by atoms with Crippen molar-refractivity contribution < 1.29 is 9.53 Å². The Morgan fingerprint density at radius 1 is 1.11 bits per heavy atom. The third-order valence-electron chi connectivity index (χ3n) is 4.50. The first-order valence-corrected chi connectivity index (χ1v) is 9.19. The van der Waals surface area contributed by atoms with Crippen molar-refractivity contribution in [3.63, 3.8) is 0 Å². The van der Waals surface area contributed by atoms with Gasteiger partial charge in [0.1, 0.15) is 0 Å². The number of aryl methyl sites for hydroxylation is 1. The quantitative estimate of drug-likeness (QED) is 0.564. The normalized spacial score (nSPS) is 14.2. The summed E-state index contributed by atoms with van der Waals surface area (Å²) in [7, 11) is 1.68. The molecule has 0 bridgehead atoms. The molecule has 1 aromatic rings. The standard InChI is InChI=1S/C19H32N4O2.2ClH/c1-17-4-3-5-18(16-17)23-13-11-22(12-14-23)10-6-19(24)21-8-7-20-9-15-25-2;;/h3-5,16,20H,6-15H2,1-2H3,(H,21,24);2*1H. The van der Waals surface area contributed by atoms with E-state index in [1.54, 1.807) is 7.11 Å². The number of rotatable bonds is 10. The van der Waals surface area contributed by atoms with E-state index in [2.05, 4.69) is 51.6 Å². The largest absolute Gasteiger partial charge is 0.383 e. The molecule has 8 heteroatoms. The number of nitrogens with one attached hydrogen (secondary N) is 2. The molecule has 0 aromatic heterocycles. The zero-order valence-corrected chi connectivity index (χ0v) is 18.0. The molecule has 27 heavy (non-hydrogen) atoms. The zero-order chi connectivity index (χ0) is 17.9. The maximum Gasteiger partial charge on any atom is 0.221 e. The van der Waals surface area contributed by atoms with Crippen LogP contribution in [0, 0.1) is 6.92 Å². The van der Waals surface area contributed by atoms with Crippen LogP contribution in [-0.4, -0.2) is 76.9 Å². The first-order chi connectivity index (χ1) is 12.2. The minimum Gasteiger partial charge on any atom is -0.383 e. The third-order valence-corrected chi connectivity index (χ3v) is 4.50. The molecule has 0 radical (unpaired) electrons. The number of carbonyl (C=O) groups is 1. The molecule has 1 heterocycles. The van der Waals surface area contributed by atoms with Gasteiger partial charge < -0.3 is 20.3 Å². The molecule has 0 spiro atoms. The van der Waals surface area contributed by atoms with Gasteiger partial charge in [0.15, 0.2) is 0 Å². The average Bonchev–Trinajstić information content (AvgIpc) is 2.63. The van der Waals surface area contributed by atoms with Crippen LogP contribution >= 0.6 is 24.8 Å². The maximum atomic E-state index is 11.9. The number of hydrogen-bond acceptors (Lipinski definition) is 5. The Hall–Kier alpha value is -1.05. The van der Waals surface area contributed by atoms with Crippen molar-refractivity contribution in [2.24, 2.45) is 0 Å². The van der Waals surface area contributed by atoms with Gasteiger partial charge >= 0.3 is 0 Å². The summed E-state index contributed by atoms with van der Waals surface area (Å²) in [5.74, 6) is 0.134. The Balaban J connectivity index is 0.00000338. The van der Waals surface area contributed by atoms with E-state index in [0.717, 1.165) is 45.8 Å². The fraction of sp³-hybridized carbons (Fsp3) is 0.632. The summed E-state index contributed by atoms with van der Waals surface area (Å²) in [4.78, 5) is 16.7. The molecule has 1 amide bonds. The van der Waals surface area contributed by atoms with Gasteiger partial charge in [-0.05, 0) is 24.6 Å². The molecule has 1 fully saturated rings. The van der Waals surface area contributed by atoms with Crippen molar-refractivity contribution in [1.29, 1.82) is 0 Å². The molecular weight excluding hydrogens is 387 g/mol. The van der Waals surface area contributed by atoms with Gasteiger partial charge in [-0.15, -0.1) is 24.8 Å². The Morgan fingerprint density at radius 3 is 2.52 bits per heavy atom. The van der Waals surface area contributed by atoms with Gasteiger partial charge in [-0.3, -0.25) is 9.69 Å². The predicted octanol–water partition coefficient (Wildman–Crippen LogP) is 1.70. The lowest BCUT2D eigenvalue weighted by Crippen LogP contribution is -2.47. The number of carbonyl (C=O) groups excluding carboxylic acids is 1. The maximum absolute atomic E-state index is 11.9. The highest BCUT2D eigenvalue weighted by molar-refractivity contribution is 5.85. The predicted molar refractivity (Wildman–Crippen MR) is 117 cm³/mol. The highest BCUT2D eigenvalue weighted by atomic mass is 35.5. The molecular formula is C19H34Cl2N4O2. The number of nitrogens with zero attached hydrogens (tertiary/aromatic N) is 2. The van der Waals surface area contributed by atoms with E-state index in [0.29, 0.717) is 19.6 Å². The van der Waals surface area contributed by atoms with E-state index in [1.165, 1.54) is 11.3 Å². The van der Waals surface area contributed by atoms with Crippen LogP contribution < -0.4 is 15.5 Å². The van der Waals surface area contributed by atoms with E-state index >= 15 is 0 Å². The van der Waals surface area contributed by atoms with Crippen LogP contribution in [0.4, 0.5) is 5.69 Å². The van der Waals surface area contributed by atoms with Gasteiger partial charge in [0.2, 0.25) is 5.91 Å². The fourth-order valence-electron chi connectivity index (χ4n) is 2.99. The minimum atomic E-state index is 0. The SMILES string of the molecule is COCCNCCNC(=O)CCN1CCN(c2cccc(C)c2)CC1.Cl.Cl. The van der Waals surface area contributed by atoms with Gasteiger partial charge in [0.25, 0.3) is 0 Å². The molecule has 0 aliphatic carbocycles. The van der Waals surface area contributed by atoms with Crippen molar-refractivity contribution in [1.82, 2.24) is 15.5 Å². The lowest BCUT2D eigenvalue weighted by Gasteiger charge is -2.36. The number of benzene rings is 1. The summed E-state index contributed by atoms with van der Waals surface area (Å²) in [6.07, 6.45) is 0.572. The summed E-state index contributed by atoms with van der Waals surface area (Å²) in [5, 5.41) is 6.18. The molecule has 0 unspecified atom stereocenters. The van der Waals surface area contributed by atoms with Crippen molar-refractivity contribution in [2.75, 3.05) is 71.0 Å². The first-order valence-electron chi connectivity index (χ1n) is 9.19. The number of hydrogen-bond donors (Lipinski definition) is 2. The van der Waals surface area contributed by atoms with Crippen LogP contribution in [0.3, 0.4) is 0 Å². The zero-order valence-electron chi connectivity index (χ0n) is 16.4. The second kappa shape index (κ2) is 14.9. The summed E-state index contributed by atoms with van der Waals surface area (Å²) in [6.45, 7) is 10.0. The summed E-state index contributed by atoms with van der Waals surface area (Å²) in [6, 6.07) is 8.66. The Kier molecular flexibility index (Phi) is 14.4. The van der Waals surface area contributed by atoms with E-state index in [9.17, 15) is 4.79 Å². The third kappa shape index (κ3) is 10.2. The van der Waals surface area contributed by atoms with Crippen molar-refractivity contribution >= 4 is 36.4 Å². The van der Waals surface area contributed by atoms with Crippen LogP contribution in [0.2, 0.25) is 0 Å². The van der Waals surface area contributed by atoms with Crippen molar-refractivity contribution in [2.45, 2.75) is 13.3 Å². The lowest BCUT2D eigenvalue weighted by atomic mass is 10.2. The number of piperazine rings is 1. The average molecular weight is 421 g/mol. The smallest absolute Gasteiger partial charge is 0.221 e. The summed E-state index contributed by atoms with van der Waals surface area (Å²) >= 11 is 0. The monoisotopic (exact) mass is 420 g/mol. The van der Waals surface area contributed by atoms with Gasteiger partial charge in [0, 0.05) is 71.6 Å². The molecule has 156 valence electrons. The number of anilines is 1. The summed E-state index contributed by atoms with van der Waals surface area (Å²) < 4.78 is 4.96. The van der Waals surface area contributed by atoms with Gasteiger partial charge in [0.05, 0.1) is 6.61 Å². The minimum absolute atomic E-state index is 0. The topological polar surface area (TPSA) is 56.8 Å². The first kappa shape index (κ1) is 26.0. The number of ether oxygens (including phenoxy) is 1. The fourth-order valence-corrected chi connectivity index (χ4v) is 2.99. The Morgan fingerprint density at radius 2 is 1.85 bits per heavy atom.